The van der Waals surface area contributed by atoms with Crippen LogP contribution in [0.15, 0.2) is 12.2 Å². The highest BCUT2D eigenvalue weighted by molar-refractivity contribution is 7.47. The molecule has 0 bridgehead atoms. The molecule has 0 fully saturated rings. The Morgan fingerprint density at radius 2 is 1.00 bits per heavy atom. The van der Waals surface area contributed by atoms with Crippen molar-refractivity contribution in [3.63, 3.8) is 0 Å². The maximum atomic E-state index is 12.6. The predicted octanol–water partition coefficient (Wildman–Crippen LogP) is 12.2. The van der Waals surface area contributed by atoms with Crippen molar-refractivity contribution in [2.75, 3.05) is 47.5 Å². The molecule has 9 nitrogen and oxygen atoms in total. The second kappa shape index (κ2) is 36.4. The average molecular weight is 775 g/mol. The number of rotatable bonds is 40. The highest BCUT2D eigenvalue weighted by Crippen LogP contribution is 2.43. The maximum Gasteiger partial charge on any atom is 0.472 e. The van der Waals surface area contributed by atoms with Gasteiger partial charge in [-0.2, -0.15) is 0 Å². The van der Waals surface area contributed by atoms with Gasteiger partial charge in [0.2, 0.25) is 0 Å². The number of carbonyl (C=O) groups excluding carboxylic acids is 2. The Morgan fingerprint density at radius 1 is 0.566 bits per heavy atom. The van der Waals surface area contributed by atoms with Crippen molar-refractivity contribution < 1.29 is 42.1 Å². The van der Waals surface area contributed by atoms with E-state index in [-0.39, 0.29) is 32.0 Å². The van der Waals surface area contributed by atoms with Crippen LogP contribution in [0.4, 0.5) is 0 Å². The van der Waals surface area contributed by atoms with Crippen molar-refractivity contribution in [2.24, 2.45) is 0 Å². The fourth-order valence-electron chi connectivity index (χ4n) is 6.09. The summed E-state index contributed by atoms with van der Waals surface area (Å²) < 4.78 is 34.2. The molecule has 0 saturated heterocycles. The van der Waals surface area contributed by atoms with Crippen molar-refractivity contribution >= 4 is 19.8 Å². The lowest BCUT2D eigenvalue weighted by Gasteiger charge is -2.24. The molecule has 0 aliphatic rings. The van der Waals surface area contributed by atoms with Crippen LogP contribution in [-0.2, 0) is 32.7 Å². The van der Waals surface area contributed by atoms with Gasteiger partial charge < -0.3 is 18.9 Å². The molecule has 0 radical (unpaired) electrons. The van der Waals surface area contributed by atoms with Crippen LogP contribution in [0.25, 0.3) is 0 Å². The number of phosphoric acid groups is 1. The molecule has 0 spiro atoms. The maximum absolute atomic E-state index is 12.6. The van der Waals surface area contributed by atoms with Gasteiger partial charge in [0.05, 0.1) is 27.7 Å². The third-order valence-corrected chi connectivity index (χ3v) is 10.5. The monoisotopic (exact) mass is 775 g/mol. The van der Waals surface area contributed by atoms with Crippen molar-refractivity contribution in [3.8, 4) is 0 Å². The molecular weight excluding hydrogens is 689 g/mol. The molecule has 0 aromatic carbocycles. The van der Waals surface area contributed by atoms with Gasteiger partial charge in [0.25, 0.3) is 0 Å². The summed E-state index contributed by atoms with van der Waals surface area (Å²) in [7, 11) is 1.47. The number of nitrogens with zero attached hydrogens (tertiary/aromatic N) is 1. The smallest absolute Gasteiger partial charge is 0.462 e. The van der Waals surface area contributed by atoms with Gasteiger partial charge in [-0.1, -0.05) is 174 Å². The first-order valence-corrected chi connectivity index (χ1v) is 23.4. The molecule has 0 aromatic heterocycles. The first kappa shape index (κ1) is 51.8. The molecule has 0 saturated carbocycles. The van der Waals surface area contributed by atoms with Gasteiger partial charge in [-0.05, 0) is 25.7 Å². The summed E-state index contributed by atoms with van der Waals surface area (Å²) in [4.78, 5) is 35.3. The van der Waals surface area contributed by atoms with E-state index in [9.17, 15) is 19.0 Å². The third-order valence-electron chi connectivity index (χ3n) is 9.56. The molecule has 0 amide bonds. The number of hydrogen-bond donors (Lipinski definition) is 1. The first-order valence-electron chi connectivity index (χ1n) is 21.9. The Morgan fingerprint density at radius 3 is 1.47 bits per heavy atom. The minimum absolute atomic E-state index is 0.0292. The summed E-state index contributed by atoms with van der Waals surface area (Å²) >= 11 is 0. The Labute approximate surface area is 326 Å². The number of phosphoric ester groups is 1. The third kappa shape index (κ3) is 40.2. The van der Waals surface area contributed by atoms with E-state index in [1.54, 1.807) is 0 Å². The molecule has 0 rings (SSSR count). The van der Waals surface area contributed by atoms with Crippen molar-refractivity contribution in [1.29, 1.82) is 0 Å². The Balaban J connectivity index is 4.38. The SMILES string of the molecule is CCCCCCCCCCCCC/C=C/CCC(=O)O[C@H](COC(=O)CCCCCCCCCCCCCCCC)COP(=O)(O)OCC[N+](C)(C)C. The van der Waals surface area contributed by atoms with Gasteiger partial charge in [-0.25, -0.2) is 4.57 Å². The topological polar surface area (TPSA) is 108 Å². The molecule has 0 aromatic rings. The summed E-state index contributed by atoms with van der Waals surface area (Å²) in [5, 5.41) is 0. The fraction of sp³-hybridized carbons (Fsp3) is 0.907. The van der Waals surface area contributed by atoms with Gasteiger partial charge in [-0.3, -0.25) is 18.6 Å². The number of ether oxygens (including phenoxy) is 2. The minimum Gasteiger partial charge on any atom is -0.462 e. The molecule has 0 heterocycles. The van der Waals surface area contributed by atoms with Gasteiger partial charge in [0.15, 0.2) is 6.10 Å². The quantitative estimate of drug-likeness (QED) is 0.0215. The van der Waals surface area contributed by atoms with Gasteiger partial charge >= 0.3 is 19.8 Å². The van der Waals surface area contributed by atoms with E-state index in [0.29, 0.717) is 17.4 Å². The molecule has 0 aliphatic heterocycles. The number of quaternary nitrogens is 1. The predicted molar refractivity (Wildman–Crippen MR) is 220 cm³/mol. The Bertz CT molecular complexity index is 922. The molecule has 2 atom stereocenters. The molecule has 1 unspecified atom stereocenters. The summed E-state index contributed by atoms with van der Waals surface area (Å²) in [5.74, 6) is -0.846. The highest BCUT2D eigenvalue weighted by atomic mass is 31.2. The van der Waals surface area contributed by atoms with Crippen LogP contribution in [-0.4, -0.2) is 74.9 Å². The number of allylic oxidation sites excluding steroid dienone is 2. The highest BCUT2D eigenvalue weighted by Gasteiger charge is 2.27. The minimum atomic E-state index is -4.38. The van der Waals surface area contributed by atoms with E-state index >= 15 is 0 Å². The lowest BCUT2D eigenvalue weighted by atomic mass is 10.0. The summed E-state index contributed by atoms with van der Waals surface area (Å²) in [6.07, 6.45) is 36.9. The summed E-state index contributed by atoms with van der Waals surface area (Å²) in [6.45, 7) is 4.40. The van der Waals surface area contributed by atoms with Crippen LogP contribution in [0.5, 0.6) is 0 Å². The normalized spacial score (nSPS) is 13.7. The molecular formula is C43H85NO8P+. The van der Waals surface area contributed by atoms with Gasteiger partial charge in [0, 0.05) is 12.8 Å². The Kier molecular flexibility index (Phi) is 35.5. The largest absolute Gasteiger partial charge is 0.472 e. The van der Waals surface area contributed by atoms with Crippen molar-refractivity contribution in [2.45, 2.75) is 206 Å². The molecule has 0 aliphatic carbocycles. The van der Waals surface area contributed by atoms with E-state index < -0.39 is 26.5 Å². The second-order valence-corrected chi connectivity index (χ2v) is 17.5. The summed E-state index contributed by atoms with van der Waals surface area (Å²) in [6, 6.07) is 0. The van der Waals surface area contributed by atoms with Crippen molar-refractivity contribution in [1.82, 2.24) is 0 Å². The van der Waals surface area contributed by atoms with Crippen LogP contribution >= 0.6 is 7.82 Å². The van der Waals surface area contributed by atoms with E-state index in [0.717, 1.165) is 32.1 Å². The summed E-state index contributed by atoms with van der Waals surface area (Å²) in [5.41, 5.74) is 0. The van der Waals surface area contributed by atoms with Crippen molar-refractivity contribution in [3.05, 3.63) is 12.2 Å². The van der Waals surface area contributed by atoms with Crippen LogP contribution in [0.1, 0.15) is 200 Å². The van der Waals surface area contributed by atoms with Crippen LogP contribution in [0.2, 0.25) is 0 Å². The van der Waals surface area contributed by atoms with E-state index in [1.165, 1.54) is 135 Å². The zero-order valence-electron chi connectivity index (χ0n) is 35.3. The number of carbonyl (C=O) groups is 2. The van der Waals surface area contributed by atoms with E-state index in [1.807, 2.05) is 27.2 Å². The molecule has 10 heteroatoms. The second-order valence-electron chi connectivity index (χ2n) is 16.1. The number of hydrogen-bond acceptors (Lipinski definition) is 7. The number of esters is 2. The van der Waals surface area contributed by atoms with E-state index in [2.05, 4.69) is 19.9 Å². The average Bonchev–Trinajstić information content (AvgIpc) is 3.10. The van der Waals surface area contributed by atoms with Gasteiger partial charge in [0.1, 0.15) is 19.8 Å². The first-order chi connectivity index (χ1) is 25.5. The lowest BCUT2D eigenvalue weighted by Crippen LogP contribution is -2.37. The van der Waals surface area contributed by atoms with E-state index in [4.69, 9.17) is 18.5 Å². The van der Waals surface area contributed by atoms with Crippen LogP contribution in [0, 0.1) is 0 Å². The Hall–Kier alpha value is -1.25. The fourth-order valence-corrected chi connectivity index (χ4v) is 6.83. The zero-order valence-corrected chi connectivity index (χ0v) is 36.2. The standard InChI is InChI=1S/C43H84NO8P/c1-6-8-10-12-14-16-18-20-22-24-26-28-30-32-34-36-43(46)52-41(40-51-53(47,48)50-38-37-44(3,4)5)39-49-42(45)35-33-31-29-27-25-23-21-19-17-15-13-11-9-7-2/h30,32,41H,6-29,31,33-40H2,1-5H3/p+1/b32-30+/t41-/m1/s1. The van der Waals surface area contributed by atoms with Crippen LogP contribution < -0.4 is 0 Å². The number of likely N-dealkylation sites (N-methyl/N-ethyl adjacent to an activating group) is 1. The lowest BCUT2D eigenvalue weighted by molar-refractivity contribution is -0.870. The van der Waals surface area contributed by atoms with Crippen LogP contribution in [0.3, 0.4) is 0 Å². The molecule has 1 N–H and O–H groups in total. The number of unbranched alkanes of at least 4 members (excludes halogenated alkanes) is 24. The zero-order chi connectivity index (χ0) is 39.3. The molecule has 314 valence electrons. The van der Waals surface area contributed by atoms with Gasteiger partial charge in [-0.15, -0.1) is 0 Å². The molecule has 53 heavy (non-hydrogen) atoms.